The van der Waals surface area contributed by atoms with E-state index in [-0.39, 0.29) is 17.3 Å². The van der Waals surface area contributed by atoms with Gasteiger partial charge in [0.25, 0.3) is 10.0 Å². The molecule has 0 radical (unpaired) electrons. The van der Waals surface area contributed by atoms with Gasteiger partial charge >= 0.3 is 0 Å². The van der Waals surface area contributed by atoms with Crippen LogP contribution in [0.1, 0.15) is 37.8 Å². The fraction of sp³-hybridized carbons (Fsp3) is 0.310. The smallest absolute Gasteiger partial charge is 0.264 e. The number of nitrogens with one attached hydrogen (secondary N) is 1. The van der Waals surface area contributed by atoms with Crippen LogP contribution in [0, 0.1) is 6.92 Å². The Kier molecular flexibility index (Phi) is 10.3. The van der Waals surface area contributed by atoms with Crippen molar-refractivity contribution in [1.82, 2.24) is 10.2 Å². The summed E-state index contributed by atoms with van der Waals surface area (Å²) in [5.74, 6) is -0.798. The number of amides is 2. The molecule has 0 heterocycles. The lowest BCUT2D eigenvalue weighted by molar-refractivity contribution is -0.139. The van der Waals surface area contributed by atoms with E-state index in [0.717, 1.165) is 28.3 Å². The van der Waals surface area contributed by atoms with Crippen LogP contribution in [0.3, 0.4) is 0 Å². The van der Waals surface area contributed by atoms with Gasteiger partial charge in [-0.2, -0.15) is 0 Å². The summed E-state index contributed by atoms with van der Waals surface area (Å²) >= 11 is 6.03. The standard InChI is InChI=1S/C29H34ClN3O4S/c1-4-5-18-31-29(35)23(3)32(20-24-14-16-25(30)17-15-24)28(34)21-33(26-11-9-10-22(2)19-26)38(36,37)27-12-7-6-8-13-27/h6-17,19,23H,4-5,18,20-21H2,1-3H3,(H,31,35). The van der Waals surface area contributed by atoms with Crippen LogP contribution >= 0.6 is 11.6 Å². The third kappa shape index (κ3) is 7.58. The van der Waals surface area contributed by atoms with Gasteiger partial charge in [-0.3, -0.25) is 13.9 Å². The van der Waals surface area contributed by atoms with Crippen molar-refractivity contribution >= 4 is 39.1 Å². The van der Waals surface area contributed by atoms with Crippen molar-refractivity contribution in [3.8, 4) is 0 Å². The first-order valence-electron chi connectivity index (χ1n) is 12.6. The molecule has 2 amide bonds. The van der Waals surface area contributed by atoms with Gasteiger partial charge < -0.3 is 10.2 Å². The Balaban J connectivity index is 1.98. The molecule has 1 N–H and O–H groups in total. The topological polar surface area (TPSA) is 86.8 Å². The summed E-state index contributed by atoms with van der Waals surface area (Å²) < 4.78 is 28.6. The van der Waals surface area contributed by atoms with Crippen LogP contribution in [-0.4, -0.2) is 44.3 Å². The molecule has 0 aromatic heterocycles. The maximum absolute atomic E-state index is 13.9. The molecule has 9 heteroatoms. The van der Waals surface area contributed by atoms with Crippen molar-refractivity contribution in [2.24, 2.45) is 0 Å². The van der Waals surface area contributed by atoms with Crippen molar-refractivity contribution in [2.45, 2.75) is 51.1 Å². The molecule has 0 fully saturated rings. The molecular formula is C29H34ClN3O4S. The molecule has 0 aliphatic heterocycles. The molecule has 1 atom stereocenters. The monoisotopic (exact) mass is 555 g/mol. The molecule has 0 spiro atoms. The zero-order valence-electron chi connectivity index (χ0n) is 21.9. The lowest BCUT2D eigenvalue weighted by Gasteiger charge is -2.32. The van der Waals surface area contributed by atoms with Gasteiger partial charge in [0.1, 0.15) is 12.6 Å². The highest BCUT2D eigenvalue weighted by molar-refractivity contribution is 7.92. The van der Waals surface area contributed by atoms with E-state index in [1.165, 1.54) is 17.0 Å². The van der Waals surface area contributed by atoms with Gasteiger partial charge in [0.15, 0.2) is 0 Å². The highest BCUT2D eigenvalue weighted by Gasteiger charge is 2.32. The van der Waals surface area contributed by atoms with Crippen molar-refractivity contribution in [3.63, 3.8) is 0 Å². The normalized spacial score (nSPS) is 12.0. The van der Waals surface area contributed by atoms with Crippen LogP contribution in [-0.2, 0) is 26.2 Å². The number of carbonyl (C=O) groups excluding carboxylic acids is 2. The third-order valence-electron chi connectivity index (χ3n) is 6.16. The van der Waals surface area contributed by atoms with E-state index >= 15 is 0 Å². The molecule has 0 saturated carbocycles. The molecule has 0 saturated heterocycles. The predicted octanol–water partition coefficient (Wildman–Crippen LogP) is 5.18. The predicted molar refractivity (Wildman–Crippen MR) is 152 cm³/mol. The van der Waals surface area contributed by atoms with Gasteiger partial charge in [-0.25, -0.2) is 8.42 Å². The lowest BCUT2D eigenvalue weighted by Crippen LogP contribution is -2.51. The summed E-state index contributed by atoms with van der Waals surface area (Å²) in [6.45, 7) is 5.68. The first kappa shape index (κ1) is 29.2. The molecule has 0 aliphatic rings. The average molecular weight is 556 g/mol. The molecule has 3 aromatic rings. The largest absolute Gasteiger partial charge is 0.354 e. The summed E-state index contributed by atoms with van der Waals surface area (Å²) in [6.07, 6.45) is 1.74. The van der Waals surface area contributed by atoms with E-state index in [1.807, 2.05) is 19.9 Å². The number of aryl methyl sites for hydroxylation is 1. The number of benzene rings is 3. The van der Waals surface area contributed by atoms with E-state index in [2.05, 4.69) is 5.32 Å². The number of nitrogens with zero attached hydrogens (tertiary/aromatic N) is 2. The minimum atomic E-state index is -4.07. The van der Waals surface area contributed by atoms with Crippen LogP contribution in [0.15, 0.2) is 83.8 Å². The number of hydrogen-bond acceptors (Lipinski definition) is 4. The number of rotatable bonds is 12. The molecule has 1 unspecified atom stereocenters. The van der Waals surface area contributed by atoms with Crippen molar-refractivity contribution in [2.75, 3.05) is 17.4 Å². The SMILES string of the molecule is CCCCNC(=O)C(C)N(Cc1ccc(Cl)cc1)C(=O)CN(c1cccc(C)c1)S(=O)(=O)c1ccccc1. The van der Waals surface area contributed by atoms with Gasteiger partial charge in [-0.1, -0.05) is 67.4 Å². The van der Waals surface area contributed by atoms with Crippen LogP contribution in [0.4, 0.5) is 5.69 Å². The number of unbranched alkanes of at least 4 members (excludes halogenated alkanes) is 1. The lowest BCUT2D eigenvalue weighted by atomic mass is 10.1. The highest BCUT2D eigenvalue weighted by Crippen LogP contribution is 2.25. The van der Waals surface area contributed by atoms with Gasteiger partial charge in [0.05, 0.1) is 10.6 Å². The highest BCUT2D eigenvalue weighted by atomic mass is 35.5. The minimum Gasteiger partial charge on any atom is -0.354 e. The third-order valence-corrected chi connectivity index (χ3v) is 8.20. The van der Waals surface area contributed by atoms with Crippen LogP contribution < -0.4 is 9.62 Å². The van der Waals surface area contributed by atoms with Crippen molar-refractivity contribution < 1.29 is 18.0 Å². The minimum absolute atomic E-state index is 0.0731. The second kappa shape index (κ2) is 13.4. The summed E-state index contributed by atoms with van der Waals surface area (Å²) in [4.78, 5) is 28.3. The van der Waals surface area contributed by atoms with E-state index in [0.29, 0.717) is 17.3 Å². The molecule has 7 nitrogen and oxygen atoms in total. The maximum Gasteiger partial charge on any atom is 0.264 e. The summed E-state index contributed by atoms with van der Waals surface area (Å²) in [6, 6.07) is 21.1. The zero-order valence-corrected chi connectivity index (χ0v) is 23.5. The number of halogens is 1. The fourth-order valence-electron chi connectivity index (χ4n) is 3.94. The molecule has 38 heavy (non-hydrogen) atoms. The van der Waals surface area contributed by atoms with E-state index in [1.54, 1.807) is 67.6 Å². The Morgan fingerprint density at radius 2 is 1.66 bits per heavy atom. The fourth-order valence-corrected chi connectivity index (χ4v) is 5.49. The molecule has 3 rings (SSSR count). The summed E-state index contributed by atoms with van der Waals surface area (Å²) in [7, 11) is -4.07. The number of carbonyl (C=O) groups is 2. The Hall–Kier alpha value is -3.36. The molecule has 202 valence electrons. The van der Waals surface area contributed by atoms with Gasteiger partial charge in [-0.05, 0) is 67.8 Å². The first-order valence-corrected chi connectivity index (χ1v) is 14.4. The second-order valence-electron chi connectivity index (χ2n) is 9.13. The Morgan fingerprint density at radius 3 is 2.29 bits per heavy atom. The van der Waals surface area contributed by atoms with E-state index in [4.69, 9.17) is 11.6 Å². The summed E-state index contributed by atoms with van der Waals surface area (Å²) in [5.41, 5.74) is 1.99. The van der Waals surface area contributed by atoms with E-state index < -0.39 is 28.5 Å². The Labute approximate surface area is 230 Å². The van der Waals surface area contributed by atoms with Gasteiger partial charge in [0.2, 0.25) is 11.8 Å². The van der Waals surface area contributed by atoms with Crippen molar-refractivity contribution in [3.05, 3.63) is 95.0 Å². The van der Waals surface area contributed by atoms with Crippen LogP contribution in [0.25, 0.3) is 0 Å². The quantitative estimate of drug-likeness (QED) is 0.312. The Bertz CT molecular complexity index is 1330. The van der Waals surface area contributed by atoms with Gasteiger partial charge in [0, 0.05) is 18.1 Å². The second-order valence-corrected chi connectivity index (χ2v) is 11.4. The van der Waals surface area contributed by atoms with Gasteiger partial charge in [-0.15, -0.1) is 0 Å². The molecule has 3 aromatic carbocycles. The zero-order chi connectivity index (χ0) is 27.7. The number of hydrogen-bond donors (Lipinski definition) is 1. The van der Waals surface area contributed by atoms with Crippen molar-refractivity contribution in [1.29, 1.82) is 0 Å². The van der Waals surface area contributed by atoms with Crippen LogP contribution in [0.5, 0.6) is 0 Å². The average Bonchev–Trinajstić information content (AvgIpc) is 2.91. The summed E-state index contributed by atoms with van der Waals surface area (Å²) in [5, 5.41) is 3.43. The van der Waals surface area contributed by atoms with E-state index in [9.17, 15) is 18.0 Å². The molecule has 0 bridgehead atoms. The first-order chi connectivity index (χ1) is 18.1. The maximum atomic E-state index is 13.9. The Morgan fingerprint density at radius 1 is 0.974 bits per heavy atom. The molecular weight excluding hydrogens is 522 g/mol. The van der Waals surface area contributed by atoms with Crippen LogP contribution in [0.2, 0.25) is 5.02 Å². The number of anilines is 1. The molecule has 0 aliphatic carbocycles. The number of sulfonamides is 1.